The minimum absolute atomic E-state index is 0.00583. The molecule has 32 heavy (non-hydrogen) atoms. The molecule has 0 saturated carbocycles. The highest BCUT2D eigenvalue weighted by Crippen LogP contribution is 2.70. The number of benzene rings is 4. The fraction of sp³-hybridized carbons (Fsp3) is 0.0769. The zero-order valence-electron chi connectivity index (χ0n) is 17.4. The smallest absolute Gasteiger partial charge is 0.307 e. The molecule has 164 valence electrons. The summed E-state index contributed by atoms with van der Waals surface area (Å²) in [4.78, 5) is 2.45. The summed E-state index contributed by atoms with van der Waals surface area (Å²) in [7, 11) is -6.71. The van der Waals surface area contributed by atoms with Crippen LogP contribution in [0.1, 0.15) is 5.56 Å². The van der Waals surface area contributed by atoms with E-state index in [0.717, 1.165) is 20.2 Å². The number of aliphatic hydroxyl groups is 1. The maximum Gasteiger partial charge on any atom is 0.307 e. The van der Waals surface area contributed by atoms with Crippen molar-refractivity contribution in [2.24, 2.45) is 0 Å². The molecule has 0 radical (unpaired) electrons. The zero-order chi connectivity index (χ0) is 22.4. The molecule has 4 nitrogen and oxygen atoms in total. The van der Waals surface area contributed by atoms with Gasteiger partial charge in [0.2, 0.25) is 0 Å². The minimum Gasteiger partial charge on any atom is -0.396 e. The van der Waals surface area contributed by atoms with E-state index >= 15 is 0 Å². The van der Waals surface area contributed by atoms with Crippen molar-refractivity contribution >= 4 is 20.4 Å². The lowest BCUT2D eigenvalue weighted by Gasteiger charge is -2.39. The molecule has 0 unspecified atom stereocenters. The molecule has 1 N–H and O–H groups in total. The van der Waals surface area contributed by atoms with Crippen molar-refractivity contribution in [3.8, 4) is 0 Å². The van der Waals surface area contributed by atoms with Crippen LogP contribution in [0.3, 0.4) is 0 Å². The predicted molar refractivity (Wildman–Crippen MR) is 127 cm³/mol. The van der Waals surface area contributed by atoms with Crippen LogP contribution >= 0.6 is 10.3 Å². The fourth-order valence-corrected chi connectivity index (χ4v) is 8.73. The van der Waals surface area contributed by atoms with E-state index in [1.54, 1.807) is 12.1 Å². The van der Waals surface area contributed by atoms with Gasteiger partial charge in [-0.2, -0.15) is 8.42 Å². The second kappa shape index (κ2) is 9.71. The quantitative estimate of drug-likeness (QED) is 0.357. The minimum atomic E-state index is -4.12. The number of hydrogen-bond acceptors (Lipinski definition) is 4. The van der Waals surface area contributed by atoms with E-state index in [1.807, 2.05) is 91.0 Å². The van der Waals surface area contributed by atoms with Crippen LogP contribution in [0.15, 0.2) is 135 Å². The van der Waals surface area contributed by atoms with Crippen molar-refractivity contribution in [2.75, 3.05) is 6.61 Å². The van der Waals surface area contributed by atoms with Crippen molar-refractivity contribution < 1.29 is 17.2 Å². The molecule has 0 fully saturated rings. The molecule has 0 aliphatic rings. The Kier molecular flexibility index (Phi) is 6.77. The van der Waals surface area contributed by atoms with E-state index in [4.69, 9.17) is 8.74 Å². The average Bonchev–Trinajstić information content (AvgIpc) is 2.85. The summed E-state index contributed by atoms with van der Waals surface area (Å²) in [5.41, 5.74) is 0.860. The van der Waals surface area contributed by atoms with Gasteiger partial charge in [-0.25, -0.2) is 3.63 Å². The molecule has 4 aromatic rings. The highest BCUT2D eigenvalue weighted by atomic mass is 32.3. The number of aliphatic hydroxyl groups excluding tert-OH is 1. The van der Waals surface area contributed by atoms with Crippen LogP contribution in [0.2, 0.25) is 0 Å². The van der Waals surface area contributed by atoms with Gasteiger partial charge in [-0.05, 0) is 70.8 Å². The van der Waals surface area contributed by atoms with E-state index in [1.165, 1.54) is 12.1 Å². The van der Waals surface area contributed by atoms with Crippen LogP contribution in [-0.2, 0) is 20.2 Å². The molecule has 0 atom stereocenters. The predicted octanol–water partition coefficient (Wildman–Crippen LogP) is 5.82. The first-order valence-electron chi connectivity index (χ1n) is 10.2. The summed E-state index contributed by atoms with van der Waals surface area (Å²) in [6.45, 7) is 0.00583. The van der Waals surface area contributed by atoms with Crippen LogP contribution in [0.4, 0.5) is 0 Å². The molecule has 0 aromatic heterocycles. The summed E-state index contributed by atoms with van der Waals surface area (Å²) in [5.74, 6) is 0. The SMILES string of the molecule is O=S(=O)(OS(c1ccccc1)(c1ccccc1)c1ccccc1)c1ccc(CCO)cc1. The average molecular weight is 465 g/mol. The molecule has 0 amide bonds. The van der Waals surface area contributed by atoms with Gasteiger partial charge in [0.15, 0.2) is 0 Å². The Balaban J connectivity index is 1.91. The summed E-state index contributed by atoms with van der Waals surface area (Å²) in [5, 5.41) is 9.14. The second-order valence-corrected chi connectivity index (χ2v) is 11.6. The van der Waals surface area contributed by atoms with E-state index in [9.17, 15) is 8.42 Å². The first-order chi connectivity index (χ1) is 15.6. The second-order valence-electron chi connectivity index (χ2n) is 7.14. The van der Waals surface area contributed by atoms with E-state index < -0.39 is 20.4 Å². The largest absolute Gasteiger partial charge is 0.396 e. The number of hydrogen-bond donors (Lipinski definition) is 1. The van der Waals surface area contributed by atoms with Crippen LogP contribution in [0, 0.1) is 0 Å². The third kappa shape index (κ3) is 4.49. The standard InChI is InChI=1S/C26H24O4S2/c27-21-20-22-16-18-26(19-17-22)32(28,29)30-31(23-10-4-1-5-11-23,24-12-6-2-7-13-24)25-14-8-3-9-15-25/h1-19,27H,20-21H2. The Labute approximate surface area is 190 Å². The molecular weight excluding hydrogens is 440 g/mol. The van der Waals surface area contributed by atoms with Gasteiger partial charge in [0.05, 0.1) is 4.90 Å². The number of rotatable bonds is 8. The Morgan fingerprint density at radius 3 is 1.34 bits per heavy atom. The van der Waals surface area contributed by atoms with Gasteiger partial charge in [0.25, 0.3) is 0 Å². The first-order valence-corrected chi connectivity index (χ1v) is 13.2. The normalized spacial score (nSPS) is 12.4. The van der Waals surface area contributed by atoms with Crippen molar-refractivity contribution in [2.45, 2.75) is 26.0 Å². The highest BCUT2D eigenvalue weighted by molar-refractivity contribution is 8.33. The molecule has 4 rings (SSSR count). The molecule has 0 aliphatic heterocycles. The first kappa shape index (κ1) is 22.3. The van der Waals surface area contributed by atoms with Gasteiger partial charge in [-0.3, -0.25) is 0 Å². The van der Waals surface area contributed by atoms with Gasteiger partial charge >= 0.3 is 10.1 Å². The summed E-state index contributed by atoms with van der Waals surface area (Å²) < 4.78 is 33.4. The van der Waals surface area contributed by atoms with Crippen LogP contribution in [-0.4, -0.2) is 20.1 Å². The molecule has 0 saturated heterocycles. The lowest BCUT2D eigenvalue weighted by molar-refractivity contribution is 0.299. The van der Waals surface area contributed by atoms with Gasteiger partial charge in [-0.1, -0.05) is 66.7 Å². The maximum atomic E-state index is 13.6. The molecule has 6 heteroatoms. The van der Waals surface area contributed by atoms with E-state index in [-0.39, 0.29) is 11.5 Å². The Hall–Kier alpha value is -2.90. The monoisotopic (exact) mass is 464 g/mol. The highest BCUT2D eigenvalue weighted by Gasteiger charge is 2.38. The van der Waals surface area contributed by atoms with Crippen LogP contribution in [0.5, 0.6) is 0 Å². The zero-order valence-corrected chi connectivity index (χ0v) is 19.0. The van der Waals surface area contributed by atoms with Crippen molar-refractivity contribution in [1.82, 2.24) is 0 Å². The van der Waals surface area contributed by atoms with Crippen molar-refractivity contribution in [1.29, 1.82) is 0 Å². The third-order valence-electron chi connectivity index (χ3n) is 5.03. The lowest BCUT2D eigenvalue weighted by atomic mass is 10.2. The van der Waals surface area contributed by atoms with E-state index in [2.05, 4.69) is 0 Å². The molecule has 0 aliphatic carbocycles. The van der Waals surface area contributed by atoms with Crippen molar-refractivity contribution in [3.05, 3.63) is 121 Å². The molecule has 0 heterocycles. The van der Waals surface area contributed by atoms with Gasteiger partial charge in [-0.15, -0.1) is 0 Å². The van der Waals surface area contributed by atoms with Gasteiger partial charge in [0.1, 0.15) is 0 Å². The fourth-order valence-electron chi connectivity index (χ4n) is 3.49. The third-order valence-corrected chi connectivity index (χ3v) is 10.2. The summed E-state index contributed by atoms with van der Waals surface area (Å²) in [6.07, 6.45) is 0.467. The molecular formula is C26H24O4S2. The van der Waals surface area contributed by atoms with Gasteiger partial charge < -0.3 is 5.11 Å². The van der Waals surface area contributed by atoms with Gasteiger partial charge in [0, 0.05) is 21.3 Å². The molecule has 0 bridgehead atoms. The Bertz CT molecular complexity index is 1150. The maximum absolute atomic E-state index is 13.6. The Morgan fingerprint density at radius 2 is 0.969 bits per heavy atom. The topological polar surface area (TPSA) is 63.6 Å². The summed E-state index contributed by atoms with van der Waals surface area (Å²) in [6, 6.07) is 35.0. The van der Waals surface area contributed by atoms with Crippen LogP contribution < -0.4 is 0 Å². The molecule has 0 spiro atoms. The summed E-state index contributed by atoms with van der Waals surface area (Å²) >= 11 is 0. The molecule has 4 aromatic carbocycles. The van der Waals surface area contributed by atoms with E-state index in [0.29, 0.717) is 6.42 Å². The van der Waals surface area contributed by atoms with Crippen molar-refractivity contribution in [3.63, 3.8) is 0 Å². The lowest BCUT2D eigenvalue weighted by Crippen LogP contribution is -2.14. The van der Waals surface area contributed by atoms with Crippen LogP contribution in [0.25, 0.3) is 0 Å². The Morgan fingerprint density at radius 1 is 0.562 bits per heavy atom.